The Labute approximate surface area is 205 Å². The van der Waals surface area contributed by atoms with Gasteiger partial charge < -0.3 is 24.3 Å². The zero-order valence-corrected chi connectivity index (χ0v) is 19.8. The summed E-state index contributed by atoms with van der Waals surface area (Å²) in [7, 11) is 5.84. The molecule has 9 nitrogen and oxygen atoms in total. The van der Waals surface area contributed by atoms with Gasteiger partial charge >= 0.3 is 0 Å². The molecule has 4 rings (SSSR count). The summed E-state index contributed by atoms with van der Waals surface area (Å²) >= 11 is 0. The van der Waals surface area contributed by atoms with Gasteiger partial charge in [-0.2, -0.15) is 0 Å². The van der Waals surface area contributed by atoms with Crippen LogP contribution in [0.25, 0.3) is 17.1 Å². The fraction of sp³-hybridized carbons (Fsp3) is 0.160. The summed E-state index contributed by atoms with van der Waals surface area (Å²) in [6.07, 6.45) is 0. The van der Waals surface area contributed by atoms with E-state index in [9.17, 15) is 13.6 Å². The standard InChI is InChI=1S/C25H22F2N4O5/c1-33-19-8-6-5-7-18(19)28-25(32)23-29-24(31(30-23)15-9-10-16(26)17(27)13-15)14-11-20(34-2)22(36-4)21(12-14)35-3/h5-13H,1-4H3,(H,28,32). The molecular weight excluding hydrogens is 474 g/mol. The molecule has 0 fully saturated rings. The van der Waals surface area contributed by atoms with Crippen molar-refractivity contribution in [1.29, 1.82) is 0 Å². The van der Waals surface area contributed by atoms with E-state index in [1.54, 1.807) is 36.4 Å². The van der Waals surface area contributed by atoms with E-state index in [2.05, 4.69) is 15.4 Å². The monoisotopic (exact) mass is 496 g/mol. The van der Waals surface area contributed by atoms with Gasteiger partial charge in [-0.3, -0.25) is 4.79 Å². The van der Waals surface area contributed by atoms with Gasteiger partial charge in [-0.25, -0.2) is 18.4 Å². The first-order chi connectivity index (χ1) is 17.4. The minimum absolute atomic E-state index is 0.140. The van der Waals surface area contributed by atoms with Crippen molar-refractivity contribution >= 4 is 11.6 Å². The van der Waals surface area contributed by atoms with Gasteiger partial charge in [0.25, 0.3) is 5.91 Å². The molecule has 4 aromatic rings. The highest BCUT2D eigenvalue weighted by Gasteiger charge is 2.23. The molecule has 1 aromatic heterocycles. The Balaban J connectivity index is 1.86. The number of nitrogens with one attached hydrogen (secondary N) is 1. The van der Waals surface area contributed by atoms with Crippen LogP contribution < -0.4 is 24.3 Å². The van der Waals surface area contributed by atoms with Gasteiger partial charge in [-0.05, 0) is 36.4 Å². The Hall–Kier alpha value is -4.67. The topological polar surface area (TPSA) is 96.7 Å². The van der Waals surface area contributed by atoms with Gasteiger partial charge in [-0.15, -0.1) is 5.10 Å². The Bertz CT molecular complexity index is 1400. The molecule has 0 unspecified atom stereocenters. The number of halogens is 2. The molecule has 0 spiro atoms. The number of para-hydroxylation sites is 2. The van der Waals surface area contributed by atoms with E-state index < -0.39 is 17.5 Å². The van der Waals surface area contributed by atoms with E-state index in [0.717, 1.165) is 12.1 Å². The molecule has 0 aliphatic heterocycles. The molecule has 0 aliphatic rings. The molecular formula is C25H22F2N4O5. The zero-order chi connectivity index (χ0) is 25.8. The minimum Gasteiger partial charge on any atom is -0.495 e. The highest BCUT2D eigenvalue weighted by molar-refractivity contribution is 6.02. The van der Waals surface area contributed by atoms with E-state index in [-0.39, 0.29) is 17.3 Å². The Morgan fingerprint density at radius 3 is 2.11 bits per heavy atom. The Morgan fingerprint density at radius 1 is 0.833 bits per heavy atom. The average Bonchev–Trinajstić information content (AvgIpc) is 3.35. The van der Waals surface area contributed by atoms with Crippen LogP contribution >= 0.6 is 0 Å². The van der Waals surface area contributed by atoms with E-state index >= 15 is 0 Å². The quantitative estimate of drug-likeness (QED) is 0.384. The zero-order valence-electron chi connectivity index (χ0n) is 19.8. The first-order valence-electron chi connectivity index (χ1n) is 10.6. The molecule has 0 bridgehead atoms. The number of hydrogen-bond donors (Lipinski definition) is 1. The summed E-state index contributed by atoms with van der Waals surface area (Å²) in [6, 6.07) is 13.3. The summed E-state index contributed by atoms with van der Waals surface area (Å²) in [4.78, 5) is 17.5. The van der Waals surface area contributed by atoms with Gasteiger partial charge in [0, 0.05) is 11.6 Å². The number of hydrogen-bond acceptors (Lipinski definition) is 7. The highest BCUT2D eigenvalue weighted by atomic mass is 19.2. The first-order valence-corrected chi connectivity index (χ1v) is 10.6. The largest absolute Gasteiger partial charge is 0.495 e. The third kappa shape index (κ3) is 4.63. The van der Waals surface area contributed by atoms with E-state index in [4.69, 9.17) is 18.9 Å². The molecule has 11 heteroatoms. The lowest BCUT2D eigenvalue weighted by Gasteiger charge is -2.14. The van der Waals surface area contributed by atoms with Gasteiger partial charge in [0.15, 0.2) is 29.0 Å². The van der Waals surface area contributed by atoms with Crippen molar-refractivity contribution in [2.45, 2.75) is 0 Å². The fourth-order valence-corrected chi connectivity index (χ4v) is 3.53. The van der Waals surface area contributed by atoms with Crippen LogP contribution in [0, 0.1) is 11.6 Å². The Morgan fingerprint density at radius 2 is 1.50 bits per heavy atom. The van der Waals surface area contributed by atoms with E-state index in [0.29, 0.717) is 34.2 Å². The Kier molecular flexibility index (Phi) is 7.00. The molecule has 1 amide bonds. The molecule has 1 heterocycles. The number of methoxy groups -OCH3 is 4. The predicted octanol–water partition coefficient (Wildman–Crippen LogP) is 4.50. The van der Waals surface area contributed by atoms with Gasteiger partial charge in [-0.1, -0.05) is 12.1 Å². The SMILES string of the molecule is COc1ccccc1NC(=O)c1nc(-c2cc(OC)c(OC)c(OC)c2)n(-c2ccc(F)c(F)c2)n1. The van der Waals surface area contributed by atoms with Crippen molar-refractivity contribution < 1.29 is 32.5 Å². The maximum Gasteiger partial charge on any atom is 0.295 e. The number of anilines is 1. The number of aromatic nitrogens is 3. The van der Waals surface area contributed by atoms with E-state index in [1.807, 2.05) is 0 Å². The van der Waals surface area contributed by atoms with Crippen molar-refractivity contribution in [2.75, 3.05) is 33.8 Å². The normalized spacial score (nSPS) is 10.6. The van der Waals surface area contributed by atoms with Crippen molar-refractivity contribution in [1.82, 2.24) is 14.8 Å². The third-order valence-electron chi connectivity index (χ3n) is 5.24. The van der Waals surface area contributed by atoms with Crippen molar-refractivity contribution in [3.63, 3.8) is 0 Å². The number of rotatable bonds is 8. The third-order valence-corrected chi connectivity index (χ3v) is 5.24. The second-order valence-electron chi connectivity index (χ2n) is 7.34. The lowest BCUT2D eigenvalue weighted by atomic mass is 10.1. The van der Waals surface area contributed by atoms with Crippen LogP contribution in [0.4, 0.5) is 14.5 Å². The lowest BCUT2D eigenvalue weighted by molar-refractivity contribution is 0.101. The number of benzene rings is 3. The number of amides is 1. The van der Waals surface area contributed by atoms with Gasteiger partial charge in [0.1, 0.15) is 5.75 Å². The maximum absolute atomic E-state index is 14.1. The van der Waals surface area contributed by atoms with Crippen LogP contribution in [0.15, 0.2) is 54.6 Å². The molecule has 0 radical (unpaired) electrons. The molecule has 36 heavy (non-hydrogen) atoms. The van der Waals surface area contributed by atoms with Gasteiger partial charge in [0.05, 0.1) is 39.8 Å². The number of carbonyl (C=O) groups excluding carboxylic acids is 1. The molecule has 186 valence electrons. The molecule has 0 aliphatic carbocycles. The van der Waals surface area contributed by atoms with Crippen LogP contribution in [0.2, 0.25) is 0 Å². The predicted molar refractivity (Wildman–Crippen MR) is 127 cm³/mol. The smallest absolute Gasteiger partial charge is 0.295 e. The lowest BCUT2D eigenvalue weighted by Crippen LogP contribution is -2.15. The summed E-state index contributed by atoms with van der Waals surface area (Å²) in [5.41, 5.74) is 0.961. The summed E-state index contributed by atoms with van der Waals surface area (Å²) in [6.45, 7) is 0. The summed E-state index contributed by atoms with van der Waals surface area (Å²) in [5, 5.41) is 6.98. The molecule has 1 N–H and O–H groups in total. The van der Waals surface area contributed by atoms with Gasteiger partial charge in [0.2, 0.25) is 11.6 Å². The molecule has 0 saturated carbocycles. The van der Waals surface area contributed by atoms with Crippen molar-refractivity contribution in [3.05, 3.63) is 72.1 Å². The summed E-state index contributed by atoms with van der Waals surface area (Å²) in [5.74, 6) is -1.40. The number of nitrogens with zero attached hydrogens (tertiary/aromatic N) is 3. The maximum atomic E-state index is 14.1. The second-order valence-corrected chi connectivity index (χ2v) is 7.34. The highest BCUT2D eigenvalue weighted by Crippen LogP contribution is 2.41. The molecule has 0 atom stereocenters. The number of ether oxygens (including phenoxy) is 4. The molecule has 0 saturated heterocycles. The first kappa shape index (κ1) is 24.5. The van der Waals surface area contributed by atoms with Crippen molar-refractivity contribution in [3.8, 4) is 40.1 Å². The van der Waals surface area contributed by atoms with Crippen LogP contribution in [0.1, 0.15) is 10.6 Å². The average molecular weight is 496 g/mol. The second kappa shape index (κ2) is 10.3. The minimum atomic E-state index is -1.08. The van der Waals surface area contributed by atoms with Crippen LogP contribution in [0.3, 0.4) is 0 Å². The van der Waals surface area contributed by atoms with Crippen molar-refractivity contribution in [2.24, 2.45) is 0 Å². The molecule has 3 aromatic carbocycles. The fourth-order valence-electron chi connectivity index (χ4n) is 3.53. The van der Waals surface area contributed by atoms with Crippen LogP contribution in [-0.2, 0) is 0 Å². The number of carbonyl (C=O) groups is 1. The van der Waals surface area contributed by atoms with Crippen LogP contribution in [-0.4, -0.2) is 49.1 Å². The summed E-state index contributed by atoms with van der Waals surface area (Å²) < 4.78 is 50.4. The van der Waals surface area contributed by atoms with Crippen LogP contribution in [0.5, 0.6) is 23.0 Å². The van der Waals surface area contributed by atoms with E-state index in [1.165, 1.54) is 39.2 Å².